The molecule has 0 fully saturated rings. The fourth-order valence-corrected chi connectivity index (χ4v) is 4.22. The molecule has 0 unspecified atom stereocenters. The van der Waals surface area contributed by atoms with Gasteiger partial charge in [0.05, 0.1) is 24.8 Å². The molecule has 0 aliphatic rings. The zero-order valence-electron chi connectivity index (χ0n) is 17.9. The number of benzene rings is 2. The predicted molar refractivity (Wildman–Crippen MR) is 119 cm³/mol. The molecule has 3 aromatic rings. The van der Waals surface area contributed by atoms with Crippen molar-refractivity contribution < 1.29 is 28.2 Å². The molecule has 34 heavy (non-hydrogen) atoms. The summed E-state index contributed by atoms with van der Waals surface area (Å²) in [5.41, 5.74) is -2.55. The Morgan fingerprint density at radius 1 is 1.18 bits per heavy atom. The van der Waals surface area contributed by atoms with E-state index in [4.69, 9.17) is 23.2 Å². The largest absolute Gasteiger partial charge is 0.416 e. The normalized spacial score (nSPS) is 14.5. The molecule has 2 atom stereocenters. The molecule has 1 amide bonds. The fraction of sp³-hybridized carbons (Fsp3) is 0.318. The van der Waals surface area contributed by atoms with E-state index in [1.54, 1.807) is 6.92 Å². The van der Waals surface area contributed by atoms with Crippen molar-refractivity contribution in [1.82, 2.24) is 19.7 Å². The van der Waals surface area contributed by atoms with E-state index in [-0.39, 0.29) is 29.2 Å². The third kappa shape index (κ3) is 5.52. The van der Waals surface area contributed by atoms with Gasteiger partial charge < -0.3 is 15.1 Å². The smallest absolute Gasteiger partial charge is 0.395 e. The van der Waals surface area contributed by atoms with Gasteiger partial charge in [-0.15, -0.1) is 0 Å². The molecule has 2 aromatic carbocycles. The van der Waals surface area contributed by atoms with Gasteiger partial charge in [0.25, 0.3) is 5.91 Å². The molecule has 1 heterocycles. The average Bonchev–Trinajstić information content (AvgIpc) is 3.28. The minimum Gasteiger partial charge on any atom is -0.395 e. The first-order valence-corrected chi connectivity index (χ1v) is 10.8. The highest BCUT2D eigenvalue weighted by atomic mass is 35.5. The molecule has 7 nitrogen and oxygen atoms in total. The summed E-state index contributed by atoms with van der Waals surface area (Å²) >= 11 is 12.4. The van der Waals surface area contributed by atoms with Gasteiger partial charge in [-0.25, -0.2) is 9.67 Å². The van der Waals surface area contributed by atoms with Gasteiger partial charge in [0.1, 0.15) is 18.3 Å². The van der Waals surface area contributed by atoms with Crippen molar-refractivity contribution in [1.29, 1.82) is 0 Å². The number of aromatic nitrogens is 3. The van der Waals surface area contributed by atoms with Crippen LogP contribution in [0.4, 0.5) is 13.2 Å². The van der Waals surface area contributed by atoms with Gasteiger partial charge in [-0.1, -0.05) is 29.3 Å². The summed E-state index contributed by atoms with van der Waals surface area (Å²) in [5, 5.41) is 26.0. The third-order valence-electron chi connectivity index (χ3n) is 5.49. The van der Waals surface area contributed by atoms with Crippen LogP contribution in [0.15, 0.2) is 55.1 Å². The lowest BCUT2D eigenvalue weighted by Gasteiger charge is -2.41. The van der Waals surface area contributed by atoms with Crippen molar-refractivity contribution in [3.05, 3.63) is 81.9 Å². The molecule has 3 rings (SSSR count). The Labute approximate surface area is 203 Å². The van der Waals surface area contributed by atoms with Crippen LogP contribution in [0.1, 0.15) is 28.4 Å². The molecule has 0 aliphatic heterocycles. The lowest BCUT2D eigenvalue weighted by atomic mass is 9.85. The molecule has 0 saturated carbocycles. The number of carbonyl (C=O) groups excluding carboxylic acids is 1. The standard InChI is InChI=1S/C22H21Cl2F3N4O3/c1-14(31(8-9-32)20(33)15-2-4-16(5-3-15)22(25,26)27)21(34,11-30-13-28-12-29-30)18-7-6-17(23)10-19(18)24/h2-7,10,12-14,32,34H,8-9,11H2,1H3/t14-,21-/m1/s1. The summed E-state index contributed by atoms with van der Waals surface area (Å²) in [6.45, 7) is 0.716. The van der Waals surface area contributed by atoms with Gasteiger partial charge >= 0.3 is 6.18 Å². The van der Waals surface area contributed by atoms with Gasteiger partial charge in [0, 0.05) is 27.7 Å². The summed E-state index contributed by atoms with van der Waals surface area (Å²) in [4.78, 5) is 18.3. The number of carbonyl (C=O) groups is 1. The number of aliphatic hydroxyl groups is 2. The van der Waals surface area contributed by atoms with Crippen molar-refractivity contribution >= 4 is 29.1 Å². The Hall–Kier alpha value is -2.66. The number of nitrogens with zero attached hydrogens (tertiary/aromatic N) is 4. The molecular weight excluding hydrogens is 496 g/mol. The van der Waals surface area contributed by atoms with Gasteiger partial charge in [0.15, 0.2) is 0 Å². The van der Waals surface area contributed by atoms with Gasteiger partial charge in [-0.2, -0.15) is 18.3 Å². The average molecular weight is 517 g/mol. The Morgan fingerprint density at radius 2 is 1.85 bits per heavy atom. The van der Waals surface area contributed by atoms with Crippen LogP contribution in [0.2, 0.25) is 10.0 Å². The number of hydrogen-bond donors (Lipinski definition) is 2. The molecule has 182 valence electrons. The second-order valence-electron chi connectivity index (χ2n) is 7.61. The SMILES string of the molecule is C[C@@H](N(CCO)C(=O)c1ccc(C(F)(F)F)cc1)[C@](O)(Cn1cncn1)c1ccc(Cl)cc1Cl. The maximum absolute atomic E-state index is 13.3. The van der Waals surface area contributed by atoms with Crippen molar-refractivity contribution in [3.8, 4) is 0 Å². The van der Waals surface area contributed by atoms with Crippen LogP contribution >= 0.6 is 23.2 Å². The minimum absolute atomic E-state index is 0.0430. The van der Waals surface area contributed by atoms with Gasteiger partial charge in [-0.05, 0) is 43.3 Å². The second-order valence-corrected chi connectivity index (χ2v) is 8.46. The summed E-state index contributed by atoms with van der Waals surface area (Å²) in [7, 11) is 0. The number of rotatable bonds is 8. The van der Waals surface area contributed by atoms with Crippen LogP contribution in [0.3, 0.4) is 0 Å². The summed E-state index contributed by atoms with van der Waals surface area (Å²) in [5.74, 6) is -0.683. The number of amides is 1. The quantitative estimate of drug-likeness (QED) is 0.471. The van der Waals surface area contributed by atoms with Crippen LogP contribution in [-0.4, -0.2) is 55.0 Å². The van der Waals surface area contributed by atoms with Crippen LogP contribution in [-0.2, 0) is 18.3 Å². The van der Waals surface area contributed by atoms with E-state index in [1.165, 1.54) is 40.4 Å². The molecule has 0 bridgehead atoms. The zero-order chi connectivity index (χ0) is 25.1. The number of hydrogen-bond acceptors (Lipinski definition) is 5. The molecular formula is C22H21Cl2F3N4O3. The Bertz CT molecular complexity index is 1130. The van der Waals surface area contributed by atoms with Gasteiger partial charge in [-0.3, -0.25) is 4.79 Å². The summed E-state index contributed by atoms with van der Waals surface area (Å²) in [6, 6.07) is 7.15. The highest BCUT2D eigenvalue weighted by Gasteiger charge is 2.43. The van der Waals surface area contributed by atoms with E-state index < -0.39 is 35.9 Å². The van der Waals surface area contributed by atoms with Crippen LogP contribution in [0, 0.1) is 0 Å². The Morgan fingerprint density at radius 3 is 2.38 bits per heavy atom. The molecule has 12 heteroatoms. The monoisotopic (exact) mass is 516 g/mol. The first-order chi connectivity index (χ1) is 16.0. The zero-order valence-corrected chi connectivity index (χ0v) is 19.4. The van der Waals surface area contributed by atoms with E-state index in [1.807, 2.05) is 0 Å². The van der Waals surface area contributed by atoms with Crippen molar-refractivity contribution in [2.45, 2.75) is 31.3 Å². The second kappa shape index (κ2) is 10.3. The van der Waals surface area contributed by atoms with Crippen molar-refractivity contribution in [3.63, 3.8) is 0 Å². The van der Waals surface area contributed by atoms with E-state index in [9.17, 15) is 28.2 Å². The number of halogens is 5. The lowest BCUT2D eigenvalue weighted by molar-refractivity contribution is -0.137. The maximum Gasteiger partial charge on any atom is 0.416 e. The fourth-order valence-electron chi connectivity index (χ4n) is 3.65. The van der Waals surface area contributed by atoms with E-state index in [0.717, 1.165) is 24.3 Å². The molecule has 0 spiro atoms. The van der Waals surface area contributed by atoms with Crippen LogP contribution in [0.25, 0.3) is 0 Å². The summed E-state index contributed by atoms with van der Waals surface area (Å²) < 4.78 is 40.1. The predicted octanol–water partition coefficient (Wildman–Crippen LogP) is 4.01. The molecule has 0 saturated heterocycles. The molecule has 0 radical (unpaired) electrons. The van der Waals surface area contributed by atoms with Crippen molar-refractivity contribution in [2.24, 2.45) is 0 Å². The Kier molecular flexibility index (Phi) is 7.87. The minimum atomic E-state index is -4.55. The lowest BCUT2D eigenvalue weighted by Crippen LogP contribution is -2.54. The highest BCUT2D eigenvalue weighted by molar-refractivity contribution is 6.35. The molecule has 0 aliphatic carbocycles. The third-order valence-corrected chi connectivity index (χ3v) is 6.03. The maximum atomic E-state index is 13.3. The summed E-state index contributed by atoms with van der Waals surface area (Å²) in [6.07, 6.45) is -1.91. The first-order valence-electron chi connectivity index (χ1n) is 10.1. The first kappa shape index (κ1) is 26.0. The van der Waals surface area contributed by atoms with E-state index >= 15 is 0 Å². The molecule has 2 N–H and O–H groups in total. The highest BCUT2D eigenvalue weighted by Crippen LogP contribution is 2.37. The van der Waals surface area contributed by atoms with E-state index in [0.29, 0.717) is 5.02 Å². The number of alkyl halides is 3. The topological polar surface area (TPSA) is 91.5 Å². The number of aliphatic hydroxyl groups excluding tert-OH is 1. The van der Waals surface area contributed by atoms with Gasteiger partial charge in [0.2, 0.25) is 0 Å². The molecule has 1 aromatic heterocycles. The van der Waals surface area contributed by atoms with Crippen LogP contribution < -0.4 is 0 Å². The van der Waals surface area contributed by atoms with E-state index in [2.05, 4.69) is 10.1 Å². The Balaban J connectivity index is 2.03. The van der Waals surface area contributed by atoms with Crippen LogP contribution in [0.5, 0.6) is 0 Å². The van der Waals surface area contributed by atoms with Crippen molar-refractivity contribution in [2.75, 3.05) is 13.2 Å².